The SMILES string of the molecule is Cc1ccc(CNC(=O)[C@@H]2CCCN(C(N)=O)C2)s1. The van der Waals surface area contributed by atoms with Crippen molar-refractivity contribution in [1.82, 2.24) is 10.2 Å². The Morgan fingerprint density at radius 3 is 2.95 bits per heavy atom. The summed E-state index contributed by atoms with van der Waals surface area (Å²) in [6, 6.07) is 3.63. The molecule has 0 aliphatic carbocycles. The monoisotopic (exact) mass is 281 g/mol. The van der Waals surface area contributed by atoms with E-state index in [0.717, 1.165) is 17.7 Å². The van der Waals surface area contributed by atoms with Gasteiger partial charge in [-0.3, -0.25) is 4.79 Å². The number of piperidine rings is 1. The lowest BCUT2D eigenvalue weighted by molar-refractivity contribution is -0.126. The molecule has 3 amide bonds. The Hall–Kier alpha value is -1.56. The minimum Gasteiger partial charge on any atom is -0.351 e. The summed E-state index contributed by atoms with van der Waals surface area (Å²) in [5.74, 6) is -0.126. The standard InChI is InChI=1S/C13H19N3O2S/c1-9-4-5-11(19-9)7-15-12(17)10-3-2-6-16(8-10)13(14)18/h4-5,10H,2-3,6-8H2,1H3,(H2,14,18)(H,15,17)/t10-/m1/s1. The number of hydrogen-bond acceptors (Lipinski definition) is 3. The number of likely N-dealkylation sites (tertiary alicyclic amines) is 1. The summed E-state index contributed by atoms with van der Waals surface area (Å²) >= 11 is 1.68. The molecule has 1 aromatic rings. The van der Waals surface area contributed by atoms with E-state index < -0.39 is 6.03 Å². The van der Waals surface area contributed by atoms with Crippen molar-refractivity contribution in [3.8, 4) is 0 Å². The third kappa shape index (κ3) is 3.70. The van der Waals surface area contributed by atoms with E-state index in [1.165, 1.54) is 4.88 Å². The molecule has 0 aromatic carbocycles. The first-order valence-electron chi connectivity index (χ1n) is 6.43. The lowest BCUT2D eigenvalue weighted by atomic mass is 9.97. The Morgan fingerprint density at radius 1 is 1.53 bits per heavy atom. The molecule has 6 heteroatoms. The highest BCUT2D eigenvalue weighted by Crippen LogP contribution is 2.18. The zero-order valence-corrected chi connectivity index (χ0v) is 11.8. The molecule has 1 atom stereocenters. The van der Waals surface area contributed by atoms with Gasteiger partial charge in [0.1, 0.15) is 0 Å². The Kier molecular flexibility index (Phi) is 4.42. The van der Waals surface area contributed by atoms with Gasteiger partial charge in [0.25, 0.3) is 0 Å². The molecule has 1 aliphatic heterocycles. The topological polar surface area (TPSA) is 75.4 Å². The van der Waals surface area contributed by atoms with E-state index >= 15 is 0 Å². The minimum atomic E-state index is -0.439. The minimum absolute atomic E-state index is 0.0111. The molecule has 0 unspecified atom stereocenters. The zero-order valence-electron chi connectivity index (χ0n) is 11.0. The molecule has 0 spiro atoms. The van der Waals surface area contributed by atoms with Crippen LogP contribution in [0.15, 0.2) is 12.1 Å². The Bertz CT molecular complexity index is 472. The summed E-state index contributed by atoms with van der Waals surface area (Å²) in [5.41, 5.74) is 5.25. The van der Waals surface area contributed by atoms with Gasteiger partial charge in [-0.2, -0.15) is 0 Å². The fourth-order valence-corrected chi connectivity index (χ4v) is 3.12. The van der Waals surface area contributed by atoms with Crippen LogP contribution in [0.5, 0.6) is 0 Å². The van der Waals surface area contributed by atoms with Gasteiger partial charge in [0.15, 0.2) is 0 Å². The Balaban J connectivity index is 1.84. The smallest absolute Gasteiger partial charge is 0.314 e. The van der Waals surface area contributed by atoms with E-state index in [-0.39, 0.29) is 11.8 Å². The summed E-state index contributed by atoms with van der Waals surface area (Å²) in [7, 11) is 0. The maximum Gasteiger partial charge on any atom is 0.314 e. The van der Waals surface area contributed by atoms with Crippen LogP contribution in [0.2, 0.25) is 0 Å². The number of carbonyl (C=O) groups excluding carboxylic acids is 2. The van der Waals surface area contributed by atoms with Crippen LogP contribution in [0.4, 0.5) is 4.79 Å². The number of rotatable bonds is 3. The van der Waals surface area contributed by atoms with Crippen LogP contribution in [-0.4, -0.2) is 29.9 Å². The van der Waals surface area contributed by atoms with Crippen LogP contribution in [0.1, 0.15) is 22.6 Å². The third-order valence-corrected chi connectivity index (χ3v) is 4.34. The molecule has 1 aliphatic rings. The van der Waals surface area contributed by atoms with Crippen molar-refractivity contribution in [2.24, 2.45) is 11.7 Å². The second-order valence-corrected chi connectivity index (χ2v) is 6.23. The molecule has 2 heterocycles. The first-order valence-corrected chi connectivity index (χ1v) is 7.25. The first kappa shape index (κ1) is 13.9. The van der Waals surface area contributed by atoms with Crippen molar-refractivity contribution >= 4 is 23.3 Å². The average Bonchev–Trinajstić information content (AvgIpc) is 2.82. The second kappa shape index (κ2) is 6.06. The summed E-state index contributed by atoms with van der Waals surface area (Å²) in [6.45, 7) is 3.69. The number of amides is 3. The zero-order chi connectivity index (χ0) is 13.8. The highest BCUT2D eigenvalue weighted by molar-refractivity contribution is 7.11. The largest absolute Gasteiger partial charge is 0.351 e. The molecular formula is C13H19N3O2S. The van der Waals surface area contributed by atoms with E-state index in [9.17, 15) is 9.59 Å². The van der Waals surface area contributed by atoms with Crippen molar-refractivity contribution in [2.75, 3.05) is 13.1 Å². The van der Waals surface area contributed by atoms with E-state index in [4.69, 9.17) is 5.73 Å². The van der Waals surface area contributed by atoms with Gasteiger partial charge in [-0.25, -0.2) is 4.79 Å². The summed E-state index contributed by atoms with van der Waals surface area (Å²) in [6.07, 6.45) is 1.65. The van der Waals surface area contributed by atoms with Gasteiger partial charge < -0.3 is 16.0 Å². The molecule has 2 rings (SSSR count). The Morgan fingerprint density at radius 2 is 2.32 bits per heavy atom. The van der Waals surface area contributed by atoms with Crippen molar-refractivity contribution in [3.05, 3.63) is 21.9 Å². The lowest BCUT2D eigenvalue weighted by Gasteiger charge is -2.30. The maximum absolute atomic E-state index is 12.1. The molecule has 0 saturated carbocycles. The quantitative estimate of drug-likeness (QED) is 0.880. The first-order chi connectivity index (χ1) is 9.06. The Labute approximate surface area is 116 Å². The van der Waals surface area contributed by atoms with Crippen LogP contribution in [0.3, 0.4) is 0 Å². The molecule has 1 saturated heterocycles. The van der Waals surface area contributed by atoms with Crippen molar-refractivity contribution in [1.29, 1.82) is 0 Å². The number of aryl methyl sites for hydroxylation is 1. The number of hydrogen-bond donors (Lipinski definition) is 2. The summed E-state index contributed by atoms with van der Waals surface area (Å²) < 4.78 is 0. The number of nitrogens with two attached hydrogens (primary N) is 1. The van der Waals surface area contributed by atoms with E-state index in [0.29, 0.717) is 19.6 Å². The molecule has 1 aromatic heterocycles. The van der Waals surface area contributed by atoms with E-state index in [2.05, 4.69) is 5.32 Å². The van der Waals surface area contributed by atoms with Crippen LogP contribution in [0, 0.1) is 12.8 Å². The van der Waals surface area contributed by atoms with Crippen molar-refractivity contribution in [3.63, 3.8) is 0 Å². The number of nitrogens with one attached hydrogen (secondary N) is 1. The number of urea groups is 1. The number of carbonyl (C=O) groups is 2. The van der Waals surface area contributed by atoms with Gasteiger partial charge >= 0.3 is 6.03 Å². The van der Waals surface area contributed by atoms with Crippen molar-refractivity contribution in [2.45, 2.75) is 26.3 Å². The highest BCUT2D eigenvalue weighted by Gasteiger charge is 2.27. The molecule has 5 nitrogen and oxygen atoms in total. The maximum atomic E-state index is 12.1. The fourth-order valence-electron chi connectivity index (χ4n) is 2.29. The molecule has 104 valence electrons. The van der Waals surface area contributed by atoms with Gasteiger partial charge in [0.2, 0.25) is 5.91 Å². The predicted octanol–water partition coefficient (Wildman–Crippen LogP) is 1.46. The fraction of sp³-hybridized carbons (Fsp3) is 0.538. The van der Waals surface area contributed by atoms with Gasteiger partial charge in [-0.1, -0.05) is 0 Å². The van der Waals surface area contributed by atoms with Crippen LogP contribution in [-0.2, 0) is 11.3 Å². The summed E-state index contributed by atoms with van der Waals surface area (Å²) in [4.78, 5) is 27.1. The molecule has 3 N–H and O–H groups in total. The van der Waals surface area contributed by atoms with Crippen LogP contribution in [0.25, 0.3) is 0 Å². The predicted molar refractivity (Wildman–Crippen MR) is 74.8 cm³/mol. The van der Waals surface area contributed by atoms with Gasteiger partial charge in [-0.05, 0) is 31.9 Å². The molecule has 19 heavy (non-hydrogen) atoms. The second-order valence-electron chi connectivity index (χ2n) is 4.85. The van der Waals surface area contributed by atoms with E-state index in [1.807, 2.05) is 19.1 Å². The molecule has 1 fully saturated rings. The average molecular weight is 281 g/mol. The molecule has 0 radical (unpaired) electrons. The van der Waals surface area contributed by atoms with Crippen molar-refractivity contribution < 1.29 is 9.59 Å². The lowest BCUT2D eigenvalue weighted by Crippen LogP contribution is -2.47. The van der Waals surface area contributed by atoms with Gasteiger partial charge in [0.05, 0.1) is 12.5 Å². The highest BCUT2D eigenvalue weighted by atomic mass is 32.1. The molecular weight excluding hydrogens is 262 g/mol. The molecule has 0 bridgehead atoms. The number of thiophene rings is 1. The normalized spacial score (nSPS) is 19.2. The van der Waals surface area contributed by atoms with Gasteiger partial charge in [0, 0.05) is 22.8 Å². The van der Waals surface area contributed by atoms with E-state index in [1.54, 1.807) is 16.2 Å². The van der Waals surface area contributed by atoms with Crippen LogP contribution < -0.4 is 11.1 Å². The number of primary amides is 1. The number of nitrogens with zero attached hydrogens (tertiary/aromatic N) is 1. The van der Waals surface area contributed by atoms with Gasteiger partial charge in [-0.15, -0.1) is 11.3 Å². The van der Waals surface area contributed by atoms with Crippen LogP contribution >= 0.6 is 11.3 Å². The third-order valence-electron chi connectivity index (χ3n) is 3.34. The summed E-state index contributed by atoms with van der Waals surface area (Å²) in [5, 5.41) is 2.93.